The Kier molecular flexibility index (Phi) is 6.12. The van der Waals surface area contributed by atoms with Crippen LogP contribution in [0.15, 0.2) is 74.3 Å². The number of halogens is 1. The minimum absolute atomic E-state index is 0.0716. The van der Waals surface area contributed by atoms with Crippen LogP contribution in [-0.2, 0) is 4.79 Å². The third-order valence-electron chi connectivity index (χ3n) is 3.49. The third-order valence-corrected chi connectivity index (χ3v) is 4.71. The maximum Gasteiger partial charge on any atom is 0.342 e. The van der Waals surface area contributed by atoms with Gasteiger partial charge in [0.1, 0.15) is 11.1 Å². The summed E-state index contributed by atoms with van der Waals surface area (Å²) in [5, 5.41) is 8.72. The molecule has 0 aliphatic heterocycles. The zero-order valence-electron chi connectivity index (χ0n) is 14.3. The number of amides is 1. The summed E-state index contributed by atoms with van der Waals surface area (Å²) in [6.45, 7) is 0. The van der Waals surface area contributed by atoms with E-state index in [1.807, 2.05) is 0 Å². The van der Waals surface area contributed by atoms with Gasteiger partial charge in [0.25, 0.3) is 11.5 Å². The number of aromatic amines is 2. The van der Waals surface area contributed by atoms with Crippen molar-refractivity contribution in [1.29, 1.82) is 0 Å². The molecule has 0 aliphatic carbocycles. The second-order valence-corrected chi connectivity index (χ2v) is 6.60. The Bertz CT molecular complexity index is 1110. The average molecular weight is 399 g/mol. The molecule has 1 atom stereocenters. The van der Waals surface area contributed by atoms with Crippen molar-refractivity contribution in [3.8, 4) is 0 Å². The number of carbonyl (C=O) groups excluding carboxylic acids is 1. The second kappa shape index (κ2) is 8.91. The number of nitrogens with one attached hydrogen (secondary N) is 3. The molecule has 0 aliphatic rings. The van der Waals surface area contributed by atoms with Gasteiger partial charge in [-0.3, -0.25) is 14.6 Å². The Morgan fingerprint density at radius 1 is 1.18 bits per heavy atom. The predicted octanol–water partition coefficient (Wildman–Crippen LogP) is 1.58. The summed E-state index contributed by atoms with van der Waals surface area (Å²) in [4.78, 5) is 37.7. The number of carbonyl (C=O) groups is 1. The van der Waals surface area contributed by atoms with Crippen molar-refractivity contribution in [3.63, 3.8) is 0 Å². The van der Waals surface area contributed by atoms with Gasteiger partial charge in [0.2, 0.25) is 0 Å². The zero-order chi connectivity index (χ0) is 19.9. The van der Waals surface area contributed by atoms with Crippen molar-refractivity contribution in [3.05, 3.63) is 92.4 Å². The molecule has 0 saturated heterocycles. The van der Waals surface area contributed by atoms with E-state index in [2.05, 4.69) is 25.7 Å². The van der Waals surface area contributed by atoms with Gasteiger partial charge in [-0.05, 0) is 23.3 Å². The van der Waals surface area contributed by atoms with Crippen LogP contribution < -0.4 is 16.7 Å². The van der Waals surface area contributed by atoms with E-state index in [0.29, 0.717) is 11.1 Å². The van der Waals surface area contributed by atoms with Gasteiger partial charge < -0.3 is 0 Å². The molecule has 142 valence electrons. The molecule has 3 N–H and O–H groups in total. The lowest BCUT2D eigenvalue weighted by Gasteiger charge is -2.14. The number of hydrazone groups is 1. The predicted molar refractivity (Wildman–Crippen MR) is 103 cm³/mol. The Balaban J connectivity index is 1.81. The van der Waals surface area contributed by atoms with Gasteiger partial charge in [0, 0.05) is 0 Å². The Morgan fingerprint density at radius 3 is 2.68 bits per heavy atom. The lowest BCUT2D eigenvalue weighted by molar-refractivity contribution is -0.120. The van der Waals surface area contributed by atoms with Gasteiger partial charge >= 0.3 is 5.69 Å². The summed E-state index contributed by atoms with van der Waals surface area (Å²) < 4.78 is 13.2. The third kappa shape index (κ3) is 5.01. The first-order valence-electron chi connectivity index (χ1n) is 8.02. The van der Waals surface area contributed by atoms with Crippen molar-refractivity contribution >= 4 is 23.9 Å². The van der Waals surface area contributed by atoms with Crippen molar-refractivity contribution < 1.29 is 9.18 Å². The normalized spacial score (nSPS) is 12.0. The minimum atomic E-state index is -0.856. The molecular weight excluding hydrogens is 385 g/mol. The van der Waals surface area contributed by atoms with Crippen LogP contribution >= 0.6 is 11.8 Å². The van der Waals surface area contributed by atoms with Crippen molar-refractivity contribution in [2.45, 2.75) is 10.3 Å². The first-order valence-corrected chi connectivity index (χ1v) is 8.90. The maximum absolute atomic E-state index is 13.2. The van der Waals surface area contributed by atoms with Crippen molar-refractivity contribution in [2.75, 3.05) is 0 Å². The highest BCUT2D eigenvalue weighted by Crippen LogP contribution is 2.32. The maximum atomic E-state index is 13.2. The number of hydrogen-bond acceptors (Lipinski definition) is 6. The lowest BCUT2D eigenvalue weighted by atomic mass is 10.1. The summed E-state index contributed by atoms with van der Waals surface area (Å²) in [7, 11) is 0. The molecule has 3 aromatic rings. The van der Waals surface area contributed by atoms with Crippen LogP contribution in [0, 0.1) is 5.82 Å². The highest BCUT2D eigenvalue weighted by atomic mass is 32.2. The number of thioether (sulfide) groups is 1. The SMILES string of the molecule is O=C(N/N=C\c1cccc(F)c1)C(Sc1n[nH]c(=O)[nH]c1=O)c1ccccc1. The van der Waals surface area contributed by atoms with Gasteiger partial charge in [-0.25, -0.2) is 19.7 Å². The van der Waals surface area contributed by atoms with Crippen LogP contribution in [-0.4, -0.2) is 27.3 Å². The standard InChI is InChI=1S/C18H14FN5O3S/c19-13-8-4-5-11(9-13)10-20-22-15(25)14(12-6-2-1-3-7-12)28-17-16(26)21-18(27)24-23-17/h1-10,14H,(H,22,25)(H2,21,24,26,27)/b20-10-. The van der Waals surface area contributed by atoms with Gasteiger partial charge in [-0.15, -0.1) is 0 Å². The van der Waals surface area contributed by atoms with Crippen LogP contribution in [0.5, 0.6) is 0 Å². The molecule has 0 bridgehead atoms. The van der Waals surface area contributed by atoms with Gasteiger partial charge in [-0.2, -0.15) is 10.2 Å². The first-order chi connectivity index (χ1) is 13.5. The molecule has 3 rings (SSSR count). The summed E-state index contributed by atoms with van der Waals surface area (Å²) >= 11 is 0.863. The molecule has 0 radical (unpaired) electrons. The molecule has 8 nitrogen and oxygen atoms in total. The Hall–Kier alpha value is -3.53. The molecule has 0 spiro atoms. The van der Waals surface area contributed by atoms with Gasteiger partial charge in [0.05, 0.1) is 6.21 Å². The van der Waals surface area contributed by atoms with Crippen LogP contribution in [0.25, 0.3) is 0 Å². The van der Waals surface area contributed by atoms with Crippen LogP contribution in [0.2, 0.25) is 0 Å². The van der Waals surface area contributed by atoms with E-state index in [-0.39, 0.29) is 5.03 Å². The summed E-state index contributed by atoms with van der Waals surface area (Å²) in [5.74, 6) is -0.937. The monoisotopic (exact) mass is 399 g/mol. The number of rotatable bonds is 6. The van der Waals surface area contributed by atoms with Crippen LogP contribution in [0.4, 0.5) is 4.39 Å². The molecular formula is C18H14FN5O3S. The number of hydrogen-bond donors (Lipinski definition) is 3. The largest absolute Gasteiger partial charge is 0.342 e. The van der Waals surface area contributed by atoms with Gasteiger partial charge in [0.15, 0.2) is 5.03 Å². The topological polar surface area (TPSA) is 120 Å². The van der Waals surface area contributed by atoms with Crippen molar-refractivity contribution in [2.24, 2.45) is 5.10 Å². The fourth-order valence-corrected chi connectivity index (χ4v) is 3.18. The van der Waals surface area contributed by atoms with Gasteiger partial charge in [-0.1, -0.05) is 54.2 Å². The summed E-state index contributed by atoms with van der Waals surface area (Å²) in [6, 6.07) is 14.4. The lowest BCUT2D eigenvalue weighted by Crippen LogP contribution is -2.28. The van der Waals surface area contributed by atoms with Crippen LogP contribution in [0.3, 0.4) is 0 Å². The summed E-state index contributed by atoms with van der Waals surface area (Å²) in [5.41, 5.74) is 2.02. The Morgan fingerprint density at radius 2 is 1.96 bits per heavy atom. The molecule has 1 amide bonds. The zero-order valence-corrected chi connectivity index (χ0v) is 15.1. The molecule has 1 unspecified atom stereocenters. The highest BCUT2D eigenvalue weighted by Gasteiger charge is 2.24. The number of H-pyrrole nitrogens is 2. The summed E-state index contributed by atoms with van der Waals surface area (Å²) in [6.07, 6.45) is 1.30. The molecule has 1 aromatic heterocycles. The van der Waals surface area contributed by atoms with E-state index in [9.17, 15) is 18.8 Å². The second-order valence-electron chi connectivity index (χ2n) is 5.51. The Labute approximate surface area is 161 Å². The molecule has 10 heteroatoms. The van der Waals surface area contributed by atoms with E-state index in [1.165, 1.54) is 24.4 Å². The molecule has 2 aromatic carbocycles. The highest BCUT2D eigenvalue weighted by molar-refractivity contribution is 8.00. The number of benzene rings is 2. The van der Waals surface area contributed by atoms with Crippen molar-refractivity contribution in [1.82, 2.24) is 20.6 Å². The van der Waals surface area contributed by atoms with E-state index in [4.69, 9.17) is 0 Å². The van der Waals surface area contributed by atoms with E-state index in [1.54, 1.807) is 36.4 Å². The van der Waals surface area contributed by atoms with E-state index < -0.39 is 28.2 Å². The van der Waals surface area contributed by atoms with E-state index >= 15 is 0 Å². The molecule has 0 saturated carbocycles. The molecule has 28 heavy (non-hydrogen) atoms. The first kappa shape index (κ1) is 19.2. The number of aromatic nitrogens is 3. The quantitative estimate of drug-likeness (QED) is 0.330. The molecule has 0 fully saturated rings. The van der Waals surface area contributed by atoms with Crippen LogP contribution in [0.1, 0.15) is 16.4 Å². The fraction of sp³-hybridized carbons (Fsp3) is 0.0556. The smallest absolute Gasteiger partial charge is 0.271 e. The minimum Gasteiger partial charge on any atom is -0.271 e. The number of nitrogens with zero attached hydrogens (tertiary/aromatic N) is 2. The molecule has 1 heterocycles. The average Bonchev–Trinajstić information content (AvgIpc) is 2.68. The fourth-order valence-electron chi connectivity index (χ4n) is 2.25. The van der Waals surface area contributed by atoms with E-state index in [0.717, 1.165) is 11.8 Å².